The minimum absolute atomic E-state index is 0.0349. The summed E-state index contributed by atoms with van der Waals surface area (Å²) in [7, 11) is 0. The number of benzene rings is 2. The van der Waals surface area contributed by atoms with Crippen molar-refractivity contribution in [3.05, 3.63) is 53.1 Å². The first kappa shape index (κ1) is 18.2. The van der Waals surface area contributed by atoms with E-state index < -0.39 is 11.8 Å². The number of carbonyl (C=O) groups excluding carboxylic acids is 2. The van der Waals surface area contributed by atoms with Gasteiger partial charge in [0.05, 0.1) is 23.1 Å². The van der Waals surface area contributed by atoms with Crippen molar-refractivity contribution in [2.24, 2.45) is 0 Å². The van der Waals surface area contributed by atoms with Crippen molar-refractivity contribution >= 4 is 34.2 Å². The van der Waals surface area contributed by atoms with Crippen molar-refractivity contribution in [3.63, 3.8) is 0 Å². The highest BCUT2D eigenvalue weighted by atomic mass is 19.1. The van der Waals surface area contributed by atoms with Crippen LogP contribution in [0.2, 0.25) is 0 Å². The number of imidazole rings is 1. The van der Waals surface area contributed by atoms with Crippen LogP contribution in [0, 0.1) is 12.7 Å². The summed E-state index contributed by atoms with van der Waals surface area (Å²) in [6.07, 6.45) is 3.30. The number of ether oxygens (including phenoxy) is 1. The van der Waals surface area contributed by atoms with Gasteiger partial charge in [-0.25, -0.2) is 14.2 Å². The van der Waals surface area contributed by atoms with Crippen molar-refractivity contribution in [1.29, 1.82) is 0 Å². The van der Waals surface area contributed by atoms with Gasteiger partial charge in [-0.05, 0) is 49.9 Å². The molecule has 0 radical (unpaired) electrons. The highest BCUT2D eigenvalue weighted by Gasteiger charge is 2.29. The third kappa shape index (κ3) is 3.60. The number of halogens is 1. The quantitative estimate of drug-likeness (QED) is 0.625. The Morgan fingerprint density at radius 3 is 2.79 bits per heavy atom. The van der Waals surface area contributed by atoms with Gasteiger partial charge in [0.1, 0.15) is 17.4 Å². The first-order valence-corrected chi connectivity index (χ1v) is 9.15. The maximum Gasteiger partial charge on any atom is 0.340 e. The van der Waals surface area contributed by atoms with Crippen LogP contribution < -0.4 is 5.32 Å². The zero-order valence-corrected chi connectivity index (χ0v) is 15.6. The lowest BCUT2D eigenvalue weighted by atomic mass is 10.0. The highest BCUT2D eigenvalue weighted by molar-refractivity contribution is 6.01. The van der Waals surface area contributed by atoms with E-state index in [-0.39, 0.29) is 28.7 Å². The second kappa shape index (κ2) is 7.07. The van der Waals surface area contributed by atoms with E-state index >= 15 is 4.39 Å². The molecule has 1 aliphatic carbocycles. The summed E-state index contributed by atoms with van der Waals surface area (Å²) in [5.41, 5.74) is 3.09. The smallest absolute Gasteiger partial charge is 0.340 e. The van der Waals surface area contributed by atoms with Crippen molar-refractivity contribution in [2.45, 2.75) is 39.2 Å². The maximum absolute atomic E-state index is 15.1. The molecule has 0 atom stereocenters. The summed E-state index contributed by atoms with van der Waals surface area (Å²) in [4.78, 5) is 30.8. The van der Waals surface area contributed by atoms with Gasteiger partial charge >= 0.3 is 5.97 Å². The van der Waals surface area contributed by atoms with Crippen LogP contribution in [0.1, 0.15) is 41.3 Å². The number of aromatic nitrogens is 2. The molecule has 7 heteroatoms. The van der Waals surface area contributed by atoms with E-state index in [0.717, 1.165) is 24.0 Å². The number of hydrogen-bond acceptors (Lipinski definition) is 5. The summed E-state index contributed by atoms with van der Waals surface area (Å²) in [6, 6.07) is 7.01. The van der Waals surface area contributed by atoms with E-state index in [0.29, 0.717) is 17.6 Å². The van der Waals surface area contributed by atoms with Gasteiger partial charge in [0, 0.05) is 12.1 Å². The number of rotatable bonds is 6. The maximum atomic E-state index is 15.1. The Bertz CT molecular complexity index is 1090. The lowest BCUT2D eigenvalue weighted by molar-refractivity contribution is -0.116. The fourth-order valence-corrected chi connectivity index (χ4v) is 3.12. The molecule has 144 valence electrons. The molecular formula is C21H20FN3O3. The number of esters is 1. The largest absolute Gasteiger partial charge is 0.459 e. The first-order chi connectivity index (χ1) is 13.4. The molecule has 1 heterocycles. The van der Waals surface area contributed by atoms with Crippen LogP contribution in [0.3, 0.4) is 0 Å². The van der Waals surface area contributed by atoms with Gasteiger partial charge in [0.2, 0.25) is 0 Å². The zero-order valence-electron chi connectivity index (χ0n) is 15.6. The minimum Gasteiger partial charge on any atom is -0.459 e. The molecule has 28 heavy (non-hydrogen) atoms. The van der Waals surface area contributed by atoms with E-state index in [1.807, 2.05) is 19.1 Å². The van der Waals surface area contributed by atoms with Gasteiger partial charge in [-0.2, -0.15) is 0 Å². The van der Waals surface area contributed by atoms with E-state index in [4.69, 9.17) is 4.74 Å². The molecule has 0 spiro atoms. The van der Waals surface area contributed by atoms with Crippen LogP contribution in [0.25, 0.3) is 11.0 Å². The molecule has 1 aromatic heterocycles. The average molecular weight is 381 g/mol. The van der Waals surface area contributed by atoms with Crippen LogP contribution in [-0.2, 0) is 16.0 Å². The molecule has 6 nitrogen and oxygen atoms in total. The Labute approximate surface area is 161 Å². The number of H-pyrrole nitrogens is 1. The number of nitrogens with zero attached hydrogens (tertiary/aromatic N) is 1. The normalized spacial score (nSPS) is 13.5. The van der Waals surface area contributed by atoms with Gasteiger partial charge in [-0.1, -0.05) is 12.1 Å². The molecule has 1 fully saturated rings. The number of ketones is 1. The molecule has 0 amide bonds. The summed E-state index contributed by atoms with van der Waals surface area (Å²) >= 11 is 0. The van der Waals surface area contributed by atoms with E-state index in [2.05, 4.69) is 15.3 Å². The average Bonchev–Trinajstić information content (AvgIpc) is 3.31. The molecule has 2 N–H and O–H groups in total. The molecule has 4 rings (SSSR count). The van der Waals surface area contributed by atoms with Crippen molar-refractivity contribution < 1.29 is 18.7 Å². The topological polar surface area (TPSA) is 84.1 Å². The van der Waals surface area contributed by atoms with Crippen LogP contribution in [0.4, 0.5) is 15.8 Å². The Kier molecular flexibility index (Phi) is 4.58. The number of aromatic amines is 1. The van der Waals surface area contributed by atoms with Gasteiger partial charge in [0.25, 0.3) is 0 Å². The monoisotopic (exact) mass is 381 g/mol. The fraction of sp³-hybridized carbons (Fsp3) is 0.286. The van der Waals surface area contributed by atoms with Crippen molar-refractivity contribution in [2.75, 3.05) is 5.32 Å². The van der Waals surface area contributed by atoms with E-state index in [9.17, 15) is 9.59 Å². The van der Waals surface area contributed by atoms with E-state index in [1.165, 1.54) is 13.3 Å². The molecule has 0 bridgehead atoms. The lowest BCUT2D eigenvalue weighted by Crippen LogP contribution is -2.11. The summed E-state index contributed by atoms with van der Waals surface area (Å²) in [6.45, 7) is 3.40. The number of fused-ring (bicyclic) bond motifs is 1. The third-order valence-electron chi connectivity index (χ3n) is 4.68. The number of nitrogens with one attached hydrogen (secondary N) is 2. The van der Waals surface area contributed by atoms with E-state index in [1.54, 1.807) is 12.1 Å². The Morgan fingerprint density at radius 2 is 2.11 bits per heavy atom. The van der Waals surface area contributed by atoms with Gasteiger partial charge in [-0.15, -0.1) is 0 Å². The third-order valence-corrected chi connectivity index (χ3v) is 4.68. The van der Waals surface area contributed by atoms with Crippen molar-refractivity contribution in [1.82, 2.24) is 9.97 Å². The van der Waals surface area contributed by atoms with Gasteiger partial charge < -0.3 is 15.0 Å². The van der Waals surface area contributed by atoms with Crippen LogP contribution in [0.15, 0.2) is 30.6 Å². The van der Waals surface area contributed by atoms with Crippen molar-refractivity contribution in [3.8, 4) is 0 Å². The van der Waals surface area contributed by atoms with Crippen LogP contribution in [-0.4, -0.2) is 27.8 Å². The number of Topliss-reactive ketones (excluding diaryl/α,β-unsaturated/α-hetero) is 1. The zero-order chi connectivity index (χ0) is 19.8. The predicted molar refractivity (Wildman–Crippen MR) is 103 cm³/mol. The number of hydrogen-bond donors (Lipinski definition) is 2. The van der Waals surface area contributed by atoms with Gasteiger partial charge in [-0.3, -0.25) is 4.79 Å². The molecule has 0 unspecified atom stereocenters. The number of aryl methyl sites for hydroxylation is 1. The lowest BCUT2D eigenvalue weighted by Gasteiger charge is -2.15. The second-order valence-corrected chi connectivity index (χ2v) is 7.17. The summed E-state index contributed by atoms with van der Waals surface area (Å²) in [5.74, 6) is -1.11. The summed E-state index contributed by atoms with van der Waals surface area (Å²) < 4.78 is 20.5. The second-order valence-electron chi connectivity index (χ2n) is 7.17. The number of carbonyl (C=O) groups is 2. The molecule has 1 aliphatic rings. The molecular weight excluding hydrogens is 361 g/mol. The number of anilines is 2. The standard InChI is InChI=1S/C21H20FN3O3/c1-11-7-13(8-12(2)26)3-6-16(11)25-19-15(21(27)28-14-4-5-14)9-17-20(18(19)22)24-10-23-17/h3,6-7,9-10,14,25H,4-5,8H2,1-2H3,(H,23,24). The highest BCUT2D eigenvalue weighted by Crippen LogP contribution is 2.33. The minimum atomic E-state index is -0.617. The Morgan fingerprint density at radius 1 is 1.32 bits per heavy atom. The fourth-order valence-electron chi connectivity index (χ4n) is 3.12. The molecule has 3 aromatic rings. The Hall–Kier alpha value is -3.22. The predicted octanol–water partition coefficient (Wildman–Crippen LogP) is 4.20. The molecule has 1 saturated carbocycles. The summed E-state index contributed by atoms with van der Waals surface area (Å²) in [5, 5.41) is 3.03. The molecule has 0 aliphatic heterocycles. The first-order valence-electron chi connectivity index (χ1n) is 9.15. The molecule has 0 saturated heterocycles. The van der Waals surface area contributed by atoms with Crippen LogP contribution >= 0.6 is 0 Å². The SMILES string of the molecule is CC(=O)Cc1ccc(Nc2c(C(=O)OC3CC3)cc3[nH]cnc3c2F)c(C)c1. The van der Waals surface area contributed by atoms with Gasteiger partial charge in [0.15, 0.2) is 5.82 Å². The van der Waals surface area contributed by atoms with Crippen LogP contribution in [0.5, 0.6) is 0 Å². The Balaban J connectivity index is 1.73. The molecule has 2 aromatic carbocycles.